The lowest BCUT2D eigenvalue weighted by Crippen LogP contribution is -2.30. The number of anilines is 1. The molecule has 156 valence electrons. The molecule has 0 aliphatic carbocycles. The van der Waals surface area contributed by atoms with Crippen molar-refractivity contribution in [2.24, 2.45) is 0 Å². The van der Waals surface area contributed by atoms with Gasteiger partial charge in [-0.25, -0.2) is 8.42 Å². The Balaban J connectivity index is 2.01. The molecule has 29 heavy (non-hydrogen) atoms. The van der Waals surface area contributed by atoms with Gasteiger partial charge in [0.25, 0.3) is 11.6 Å². The van der Waals surface area contributed by atoms with Gasteiger partial charge in [-0.1, -0.05) is 19.9 Å². The fraction of sp³-hybridized carbons (Fsp3) is 0.316. The van der Waals surface area contributed by atoms with E-state index in [2.05, 4.69) is 5.32 Å². The van der Waals surface area contributed by atoms with Crippen molar-refractivity contribution in [1.82, 2.24) is 4.31 Å². The number of nitrogens with zero attached hydrogens (tertiary/aromatic N) is 2. The molecule has 2 rings (SSSR count). The van der Waals surface area contributed by atoms with Gasteiger partial charge in [0.2, 0.25) is 10.0 Å². The minimum atomic E-state index is -3.56. The highest BCUT2D eigenvalue weighted by atomic mass is 32.2. The molecule has 0 bridgehead atoms. The van der Waals surface area contributed by atoms with Gasteiger partial charge < -0.3 is 10.1 Å². The highest BCUT2D eigenvalue weighted by Gasteiger charge is 2.21. The number of hydrogen-bond acceptors (Lipinski definition) is 6. The maximum Gasteiger partial charge on any atom is 0.274 e. The predicted molar refractivity (Wildman–Crippen MR) is 109 cm³/mol. The predicted octanol–water partition coefficient (Wildman–Crippen LogP) is 2.95. The molecule has 2 aromatic rings. The summed E-state index contributed by atoms with van der Waals surface area (Å²) < 4.78 is 31.6. The van der Waals surface area contributed by atoms with E-state index in [1.807, 2.05) is 0 Å². The molecule has 2 aromatic carbocycles. The monoisotopic (exact) mass is 421 g/mol. The second kappa shape index (κ2) is 9.48. The molecular formula is C19H23N3O6S. The SMILES string of the molecule is CCN(CC)S(=O)(=O)c1ccc(OCC(=O)Nc2cccc([N+](=O)[O-])c2C)cc1. The minimum absolute atomic E-state index is 0.0891. The van der Waals surface area contributed by atoms with Crippen LogP contribution in [0.4, 0.5) is 11.4 Å². The van der Waals surface area contributed by atoms with E-state index in [0.717, 1.165) is 0 Å². The number of carbonyl (C=O) groups excluding carboxylic acids is 1. The minimum Gasteiger partial charge on any atom is -0.484 e. The van der Waals surface area contributed by atoms with E-state index in [1.165, 1.54) is 40.7 Å². The van der Waals surface area contributed by atoms with Gasteiger partial charge in [-0.2, -0.15) is 4.31 Å². The third kappa shape index (κ3) is 5.30. The van der Waals surface area contributed by atoms with Crippen LogP contribution < -0.4 is 10.1 Å². The molecule has 0 fully saturated rings. The van der Waals surface area contributed by atoms with E-state index < -0.39 is 20.9 Å². The molecule has 0 saturated carbocycles. The Morgan fingerprint density at radius 1 is 1.14 bits per heavy atom. The smallest absolute Gasteiger partial charge is 0.274 e. The Morgan fingerprint density at radius 2 is 1.76 bits per heavy atom. The topological polar surface area (TPSA) is 119 Å². The highest BCUT2D eigenvalue weighted by molar-refractivity contribution is 7.89. The molecule has 0 aliphatic rings. The Kier molecular flexibility index (Phi) is 7.29. The Morgan fingerprint density at radius 3 is 2.31 bits per heavy atom. The van der Waals surface area contributed by atoms with Gasteiger partial charge in [0.1, 0.15) is 5.75 Å². The van der Waals surface area contributed by atoms with Crippen LogP contribution in [0, 0.1) is 17.0 Å². The van der Waals surface area contributed by atoms with Crippen molar-refractivity contribution in [1.29, 1.82) is 0 Å². The average molecular weight is 421 g/mol. The zero-order valence-electron chi connectivity index (χ0n) is 16.4. The Bertz CT molecular complexity index is 986. The van der Waals surface area contributed by atoms with Crippen LogP contribution in [0.25, 0.3) is 0 Å². The van der Waals surface area contributed by atoms with Crippen molar-refractivity contribution in [3.05, 3.63) is 58.1 Å². The quantitative estimate of drug-likeness (QED) is 0.491. The normalized spacial score (nSPS) is 11.3. The van der Waals surface area contributed by atoms with Crippen molar-refractivity contribution in [2.75, 3.05) is 25.0 Å². The first-order chi connectivity index (χ1) is 13.7. The fourth-order valence-corrected chi connectivity index (χ4v) is 4.17. The maximum absolute atomic E-state index is 12.5. The number of sulfonamides is 1. The van der Waals surface area contributed by atoms with Gasteiger partial charge >= 0.3 is 0 Å². The molecule has 0 atom stereocenters. The summed E-state index contributed by atoms with van der Waals surface area (Å²) in [6.45, 7) is 5.48. The van der Waals surface area contributed by atoms with E-state index in [1.54, 1.807) is 26.8 Å². The third-order valence-electron chi connectivity index (χ3n) is 4.31. The van der Waals surface area contributed by atoms with E-state index in [9.17, 15) is 23.3 Å². The fourth-order valence-electron chi connectivity index (χ4n) is 2.71. The van der Waals surface area contributed by atoms with Crippen molar-refractivity contribution in [3.8, 4) is 5.75 Å². The standard InChI is InChI=1S/C19H23N3O6S/c1-4-21(5-2)29(26,27)16-11-9-15(10-12-16)28-13-19(23)20-17-7-6-8-18(14(17)3)22(24)25/h6-12H,4-5,13H2,1-3H3,(H,20,23). The third-order valence-corrected chi connectivity index (χ3v) is 6.38. The van der Waals surface area contributed by atoms with Gasteiger partial charge in [0, 0.05) is 19.2 Å². The Hall–Kier alpha value is -2.98. The number of benzene rings is 2. The van der Waals surface area contributed by atoms with E-state index >= 15 is 0 Å². The number of ether oxygens (including phenoxy) is 1. The lowest BCUT2D eigenvalue weighted by Gasteiger charge is -2.18. The van der Waals surface area contributed by atoms with Crippen LogP contribution in [0.5, 0.6) is 5.75 Å². The zero-order chi connectivity index (χ0) is 21.6. The summed E-state index contributed by atoms with van der Waals surface area (Å²) in [6, 6.07) is 10.2. The van der Waals surface area contributed by atoms with Crippen LogP contribution in [0.2, 0.25) is 0 Å². The van der Waals surface area contributed by atoms with Crippen LogP contribution in [0.3, 0.4) is 0 Å². The number of carbonyl (C=O) groups is 1. The summed E-state index contributed by atoms with van der Waals surface area (Å²) in [6.07, 6.45) is 0. The van der Waals surface area contributed by atoms with E-state index in [4.69, 9.17) is 4.74 Å². The van der Waals surface area contributed by atoms with Gasteiger partial charge in [-0.15, -0.1) is 0 Å². The molecule has 9 nitrogen and oxygen atoms in total. The molecular weight excluding hydrogens is 398 g/mol. The molecule has 0 heterocycles. The number of nitrogens with one attached hydrogen (secondary N) is 1. The molecule has 1 N–H and O–H groups in total. The van der Waals surface area contributed by atoms with E-state index in [0.29, 0.717) is 30.1 Å². The van der Waals surface area contributed by atoms with Crippen LogP contribution >= 0.6 is 0 Å². The van der Waals surface area contributed by atoms with Crippen LogP contribution in [0.1, 0.15) is 19.4 Å². The molecule has 0 spiro atoms. The van der Waals surface area contributed by atoms with E-state index in [-0.39, 0.29) is 17.2 Å². The van der Waals surface area contributed by atoms with Crippen molar-refractivity contribution >= 4 is 27.3 Å². The summed E-state index contributed by atoms with van der Waals surface area (Å²) in [4.78, 5) is 22.7. The van der Waals surface area contributed by atoms with Gasteiger partial charge in [-0.3, -0.25) is 14.9 Å². The lowest BCUT2D eigenvalue weighted by atomic mass is 10.1. The lowest BCUT2D eigenvalue weighted by molar-refractivity contribution is -0.385. The molecule has 0 aromatic heterocycles. The van der Waals surface area contributed by atoms with Gasteiger partial charge in [0.15, 0.2) is 6.61 Å². The largest absolute Gasteiger partial charge is 0.484 e. The summed E-state index contributed by atoms with van der Waals surface area (Å²) >= 11 is 0. The van der Waals surface area contributed by atoms with Crippen molar-refractivity contribution < 1.29 is 22.9 Å². The van der Waals surface area contributed by atoms with Gasteiger partial charge in [-0.05, 0) is 37.3 Å². The van der Waals surface area contributed by atoms with Crippen LogP contribution in [0.15, 0.2) is 47.4 Å². The summed E-state index contributed by atoms with van der Waals surface area (Å²) in [7, 11) is -3.56. The number of amides is 1. The maximum atomic E-state index is 12.5. The number of hydrogen-bond donors (Lipinski definition) is 1. The zero-order valence-corrected chi connectivity index (χ0v) is 17.2. The number of nitro groups is 1. The van der Waals surface area contributed by atoms with Crippen molar-refractivity contribution in [2.45, 2.75) is 25.7 Å². The van der Waals surface area contributed by atoms with Crippen LogP contribution in [-0.2, 0) is 14.8 Å². The van der Waals surface area contributed by atoms with Crippen molar-refractivity contribution in [3.63, 3.8) is 0 Å². The summed E-state index contributed by atoms with van der Waals surface area (Å²) in [5.41, 5.74) is 0.582. The summed E-state index contributed by atoms with van der Waals surface area (Å²) in [5.74, 6) is -0.164. The molecule has 0 unspecified atom stereocenters. The second-order valence-corrected chi connectivity index (χ2v) is 8.04. The number of nitro benzene ring substituents is 1. The molecule has 10 heteroatoms. The van der Waals surface area contributed by atoms with Gasteiger partial charge in [0.05, 0.1) is 21.1 Å². The highest BCUT2D eigenvalue weighted by Crippen LogP contribution is 2.25. The molecule has 0 saturated heterocycles. The molecule has 1 amide bonds. The Labute approximate surface area is 169 Å². The van der Waals surface area contributed by atoms with Crippen LogP contribution in [-0.4, -0.2) is 43.2 Å². The first-order valence-corrected chi connectivity index (χ1v) is 10.4. The average Bonchev–Trinajstić information content (AvgIpc) is 2.69. The number of rotatable bonds is 9. The first kappa shape index (κ1) is 22.3. The first-order valence-electron chi connectivity index (χ1n) is 8.97. The summed E-state index contributed by atoms with van der Waals surface area (Å²) in [5, 5.41) is 13.5. The second-order valence-electron chi connectivity index (χ2n) is 6.10. The molecule has 0 radical (unpaired) electrons. The molecule has 0 aliphatic heterocycles.